The van der Waals surface area contributed by atoms with Crippen LogP contribution in [0.15, 0.2) is 30.3 Å². The van der Waals surface area contributed by atoms with Crippen LogP contribution in [-0.2, 0) is 19.4 Å². The van der Waals surface area contributed by atoms with E-state index >= 15 is 0 Å². The van der Waals surface area contributed by atoms with Crippen LogP contribution in [0.4, 0.5) is 10.2 Å². The molecule has 5 nitrogen and oxygen atoms in total. The Morgan fingerprint density at radius 2 is 1.90 bits per heavy atom. The number of nitrogens with zero attached hydrogens (tertiary/aromatic N) is 3. The molecule has 0 spiro atoms. The third-order valence-corrected chi connectivity index (χ3v) is 5.19. The lowest BCUT2D eigenvalue weighted by Crippen LogP contribution is -2.25. The number of hydrogen-bond acceptors (Lipinski definition) is 4. The molecule has 0 bridgehead atoms. The van der Waals surface area contributed by atoms with Crippen molar-refractivity contribution in [3.8, 4) is 0 Å². The van der Waals surface area contributed by atoms with Crippen molar-refractivity contribution < 1.29 is 9.18 Å². The number of amides is 1. The molecule has 1 aliphatic heterocycles. The van der Waals surface area contributed by atoms with Gasteiger partial charge in [0.05, 0.1) is 5.56 Å². The summed E-state index contributed by atoms with van der Waals surface area (Å²) in [5.74, 6) is 0.909. The van der Waals surface area contributed by atoms with Gasteiger partial charge in [0.25, 0.3) is 5.91 Å². The van der Waals surface area contributed by atoms with E-state index in [2.05, 4.69) is 24.1 Å². The molecule has 1 amide bonds. The minimum absolute atomic E-state index is 0.0287. The van der Waals surface area contributed by atoms with E-state index in [1.165, 1.54) is 12.1 Å². The summed E-state index contributed by atoms with van der Waals surface area (Å²) in [6.45, 7) is 7.61. The number of carbonyl (C=O) groups excluding carboxylic acids is 1. The molecule has 1 N–H and O–H groups in total. The summed E-state index contributed by atoms with van der Waals surface area (Å²) in [5.41, 5.74) is 3.95. The van der Waals surface area contributed by atoms with Gasteiger partial charge in [-0.2, -0.15) is 0 Å². The van der Waals surface area contributed by atoms with E-state index < -0.39 is 0 Å². The molecule has 1 aromatic heterocycles. The predicted molar refractivity (Wildman–Crippen MR) is 115 cm³/mol. The summed E-state index contributed by atoms with van der Waals surface area (Å²) < 4.78 is 13.2. The van der Waals surface area contributed by atoms with Gasteiger partial charge in [0.1, 0.15) is 11.6 Å². The van der Waals surface area contributed by atoms with Crippen LogP contribution in [0.1, 0.15) is 41.0 Å². The second-order valence-corrected chi connectivity index (χ2v) is 8.37. The molecule has 0 fully saturated rings. The van der Waals surface area contributed by atoms with Crippen molar-refractivity contribution in [2.75, 3.05) is 39.0 Å². The van der Waals surface area contributed by atoms with Crippen molar-refractivity contribution in [3.05, 3.63) is 58.5 Å². The van der Waals surface area contributed by atoms with E-state index in [0.29, 0.717) is 17.3 Å². The molecule has 2 aromatic rings. The van der Waals surface area contributed by atoms with Crippen LogP contribution in [0.3, 0.4) is 0 Å². The molecule has 6 heteroatoms. The second kappa shape index (κ2) is 9.35. The van der Waals surface area contributed by atoms with Gasteiger partial charge in [-0.25, -0.2) is 9.37 Å². The molecule has 156 valence electrons. The van der Waals surface area contributed by atoms with Crippen LogP contribution < -0.4 is 5.32 Å². The van der Waals surface area contributed by atoms with E-state index in [1.54, 1.807) is 19.0 Å². The Hall–Kier alpha value is -2.47. The number of benzene rings is 1. The van der Waals surface area contributed by atoms with Gasteiger partial charge in [0.15, 0.2) is 0 Å². The SMILES string of the molecule is CC(C)CNc1nc2c(cc1C(=O)N(C)C)CCN(Cc1ccc(F)cc1)CC2. The van der Waals surface area contributed by atoms with Gasteiger partial charge in [-0.1, -0.05) is 26.0 Å². The van der Waals surface area contributed by atoms with Crippen LogP contribution in [-0.4, -0.2) is 54.4 Å². The van der Waals surface area contributed by atoms with Crippen LogP contribution in [0.25, 0.3) is 0 Å². The maximum Gasteiger partial charge on any atom is 0.257 e. The predicted octanol–water partition coefficient (Wildman–Crippen LogP) is 3.59. The highest BCUT2D eigenvalue weighted by Crippen LogP contribution is 2.23. The van der Waals surface area contributed by atoms with Crippen molar-refractivity contribution in [1.29, 1.82) is 0 Å². The van der Waals surface area contributed by atoms with E-state index in [9.17, 15) is 9.18 Å². The Morgan fingerprint density at radius 3 is 2.55 bits per heavy atom. The first-order valence-electron chi connectivity index (χ1n) is 10.3. The molecule has 0 atom stereocenters. The van der Waals surface area contributed by atoms with Gasteiger partial charge in [-0.05, 0) is 41.7 Å². The fourth-order valence-electron chi connectivity index (χ4n) is 3.53. The largest absolute Gasteiger partial charge is 0.369 e. The highest BCUT2D eigenvalue weighted by Gasteiger charge is 2.22. The van der Waals surface area contributed by atoms with Crippen molar-refractivity contribution in [2.24, 2.45) is 5.92 Å². The minimum atomic E-state index is -0.208. The number of hydrogen-bond donors (Lipinski definition) is 1. The van der Waals surface area contributed by atoms with Gasteiger partial charge in [0.2, 0.25) is 0 Å². The number of carbonyl (C=O) groups is 1. The Kier molecular flexibility index (Phi) is 6.85. The van der Waals surface area contributed by atoms with Gasteiger partial charge in [0, 0.05) is 52.4 Å². The third kappa shape index (κ3) is 5.54. The molecule has 2 heterocycles. The van der Waals surface area contributed by atoms with Crippen LogP contribution in [0.5, 0.6) is 0 Å². The normalized spacial score (nSPS) is 14.4. The number of halogens is 1. The van der Waals surface area contributed by atoms with Gasteiger partial charge < -0.3 is 10.2 Å². The Bertz CT molecular complexity index is 849. The molecular weight excluding hydrogens is 367 g/mol. The number of fused-ring (bicyclic) bond motifs is 1. The monoisotopic (exact) mass is 398 g/mol. The average Bonchev–Trinajstić information content (AvgIpc) is 2.88. The summed E-state index contributed by atoms with van der Waals surface area (Å²) in [6, 6.07) is 8.72. The number of nitrogens with one attached hydrogen (secondary N) is 1. The lowest BCUT2D eigenvalue weighted by atomic mass is 10.0. The first kappa shape index (κ1) is 21.2. The first-order chi connectivity index (χ1) is 13.8. The molecule has 1 aliphatic rings. The maximum absolute atomic E-state index is 13.2. The van der Waals surface area contributed by atoms with E-state index in [1.807, 2.05) is 18.2 Å². The van der Waals surface area contributed by atoms with Gasteiger partial charge in [-0.15, -0.1) is 0 Å². The average molecular weight is 399 g/mol. The maximum atomic E-state index is 13.2. The quantitative estimate of drug-likeness (QED) is 0.808. The number of rotatable bonds is 6. The van der Waals surface area contributed by atoms with Crippen molar-refractivity contribution in [2.45, 2.75) is 33.2 Å². The minimum Gasteiger partial charge on any atom is -0.369 e. The summed E-state index contributed by atoms with van der Waals surface area (Å²) in [6.07, 6.45) is 1.69. The molecule has 0 aliphatic carbocycles. The fourth-order valence-corrected chi connectivity index (χ4v) is 3.53. The van der Waals surface area contributed by atoms with E-state index in [-0.39, 0.29) is 11.7 Å². The zero-order valence-corrected chi connectivity index (χ0v) is 17.8. The molecule has 1 aromatic carbocycles. The van der Waals surface area contributed by atoms with Crippen LogP contribution in [0, 0.1) is 11.7 Å². The molecular formula is C23H31FN4O. The highest BCUT2D eigenvalue weighted by molar-refractivity contribution is 5.98. The number of pyridine rings is 1. The lowest BCUT2D eigenvalue weighted by Gasteiger charge is -2.19. The van der Waals surface area contributed by atoms with Crippen molar-refractivity contribution in [3.63, 3.8) is 0 Å². The summed E-state index contributed by atoms with van der Waals surface area (Å²) in [7, 11) is 3.54. The molecule has 0 saturated carbocycles. The Labute approximate surface area is 172 Å². The molecule has 0 saturated heterocycles. The Balaban J connectivity index is 1.80. The van der Waals surface area contributed by atoms with Crippen LogP contribution >= 0.6 is 0 Å². The molecule has 3 rings (SSSR count). The molecule has 29 heavy (non-hydrogen) atoms. The van der Waals surface area contributed by atoms with Gasteiger partial charge in [-0.3, -0.25) is 9.69 Å². The first-order valence-corrected chi connectivity index (χ1v) is 10.3. The number of aromatic nitrogens is 1. The third-order valence-electron chi connectivity index (χ3n) is 5.19. The number of anilines is 1. The zero-order valence-electron chi connectivity index (χ0n) is 17.8. The van der Waals surface area contributed by atoms with Crippen molar-refractivity contribution >= 4 is 11.7 Å². The summed E-state index contributed by atoms with van der Waals surface area (Å²) >= 11 is 0. The molecule has 0 unspecified atom stereocenters. The summed E-state index contributed by atoms with van der Waals surface area (Å²) in [4.78, 5) is 21.5. The van der Waals surface area contributed by atoms with E-state index in [0.717, 1.165) is 55.8 Å². The van der Waals surface area contributed by atoms with Crippen LogP contribution in [0.2, 0.25) is 0 Å². The second-order valence-electron chi connectivity index (χ2n) is 8.37. The van der Waals surface area contributed by atoms with Gasteiger partial charge >= 0.3 is 0 Å². The lowest BCUT2D eigenvalue weighted by molar-refractivity contribution is 0.0828. The van der Waals surface area contributed by atoms with E-state index in [4.69, 9.17) is 4.98 Å². The zero-order chi connectivity index (χ0) is 21.0. The topological polar surface area (TPSA) is 48.5 Å². The van der Waals surface area contributed by atoms with Crippen molar-refractivity contribution in [1.82, 2.24) is 14.8 Å². The summed E-state index contributed by atoms with van der Waals surface area (Å²) in [5, 5.41) is 3.37. The molecule has 0 radical (unpaired) electrons. The fraction of sp³-hybridized carbons (Fsp3) is 0.478. The Morgan fingerprint density at radius 1 is 1.21 bits per heavy atom. The highest BCUT2D eigenvalue weighted by atomic mass is 19.1. The smallest absolute Gasteiger partial charge is 0.257 e. The standard InChI is InChI=1S/C23H31FN4O/c1-16(2)14-25-22-20(23(29)27(3)4)13-18-9-11-28(12-10-21(18)26-22)15-17-5-7-19(24)8-6-17/h5-8,13,16H,9-12,14-15H2,1-4H3,(H,25,26).